The first-order chi connectivity index (χ1) is 9.88. The minimum atomic E-state index is -0.159. The second-order valence-corrected chi connectivity index (χ2v) is 5.26. The second-order valence-electron chi connectivity index (χ2n) is 5.26. The van der Waals surface area contributed by atoms with Crippen molar-refractivity contribution in [3.63, 3.8) is 0 Å². The van der Waals surface area contributed by atoms with Crippen LogP contribution in [-0.4, -0.2) is 5.78 Å². The molecule has 0 bridgehead atoms. The Hall–Kier alpha value is -2.36. The van der Waals surface area contributed by atoms with Gasteiger partial charge < -0.3 is 11.1 Å². The van der Waals surface area contributed by atoms with Gasteiger partial charge in [0.25, 0.3) is 0 Å². The molecule has 110 valence electrons. The van der Waals surface area contributed by atoms with E-state index in [0.29, 0.717) is 28.9 Å². The van der Waals surface area contributed by atoms with Gasteiger partial charge >= 0.3 is 0 Å². The highest BCUT2D eigenvalue weighted by Crippen LogP contribution is 2.20. The fourth-order valence-corrected chi connectivity index (χ4v) is 2.34. The molecule has 3 N–H and O–H groups in total. The fourth-order valence-electron chi connectivity index (χ4n) is 2.34. The molecule has 4 heteroatoms. The van der Waals surface area contributed by atoms with E-state index in [9.17, 15) is 9.18 Å². The Labute approximate surface area is 124 Å². The van der Waals surface area contributed by atoms with E-state index in [1.807, 2.05) is 18.2 Å². The molecule has 2 aromatic rings. The maximum atomic E-state index is 13.6. The Balaban J connectivity index is 2.13. The van der Waals surface area contributed by atoms with E-state index in [1.165, 1.54) is 6.92 Å². The zero-order chi connectivity index (χ0) is 15.6. The number of nitrogens with two attached hydrogens (primary N) is 1. The molecule has 0 saturated heterocycles. The molecule has 0 spiro atoms. The van der Waals surface area contributed by atoms with Crippen LogP contribution < -0.4 is 11.1 Å². The van der Waals surface area contributed by atoms with Gasteiger partial charge in [-0.15, -0.1) is 0 Å². The molecule has 21 heavy (non-hydrogen) atoms. The Morgan fingerprint density at radius 3 is 2.33 bits per heavy atom. The van der Waals surface area contributed by atoms with Gasteiger partial charge in [0.2, 0.25) is 0 Å². The summed E-state index contributed by atoms with van der Waals surface area (Å²) in [6, 6.07) is 8.91. The van der Waals surface area contributed by atoms with E-state index in [2.05, 4.69) is 5.32 Å². The molecule has 0 aromatic heterocycles. The number of carbonyl (C=O) groups is 1. The molecule has 0 radical (unpaired) electrons. The number of benzene rings is 2. The van der Waals surface area contributed by atoms with Crippen molar-refractivity contribution in [3.05, 3.63) is 58.4 Å². The van der Waals surface area contributed by atoms with E-state index in [4.69, 9.17) is 5.73 Å². The van der Waals surface area contributed by atoms with Gasteiger partial charge in [-0.05, 0) is 55.7 Å². The molecule has 0 fully saturated rings. The van der Waals surface area contributed by atoms with Gasteiger partial charge in [-0.1, -0.05) is 12.1 Å². The summed E-state index contributed by atoms with van der Waals surface area (Å²) in [7, 11) is 0. The van der Waals surface area contributed by atoms with Gasteiger partial charge in [0.05, 0.1) is 0 Å². The predicted octanol–water partition coefficient (Wildman–Crippen LogP) is 3.84. The van der Waals surface area contributed by atoms with Crippen LogP contribution in [0.1, 0.15) is 34.0 Å². The monoisotopic (exact) mass is 286 g/mol. The third-order valence-electron chi connectivity index (χ3n) is 3.42. The number of anilines is 2. The number of hydrogen-bond acceptors (Lipinski definition) is 3. The fraction of sp³-hybridized carbons (Fsp3) is 0.235. The molecule has 3 nitrogen and oxygen atoms in total. The van der Waals surface area contributed by atoms with Crippen molar-refractivity contribution in [1.29, 1.82) is 0 Å². The molecular formula is C17H19FN2O. The highest BCUT2D eigenvalue weighted by atomic mass is 19.1. The minimum absolute atomic E-state index is 0.0520. The van der Waals surface area contributed by atoms with E-state index in [0.717, 1.165) is 11.3 Å². The minimum Gasteiger partial charge on any atom is -0.398 e. The molecule has 0 amide bonds. The van der Waals surface area contributed by atoms with Crippen LogP contribution in [0.2, 0.25) is 0 Å². The standard InChI is InChI=1S/C17H19FN2O/c1-10-6-13(7-11(2)17(10)18)9-20-14-4-5-15(12(3)21)16(19)8-14/h4-8,20H,9,19H2,1-3H3. The van der Waals surface area contributed by atoms with Crippen LogP contribution in [0.3, 0.4) is 0 Å². The summed E-state index contributed by atoms with van der Waals surface area (Å²) in [5.74, 6) is -0.211. The van der Waals surface area contributed by atoms with Gasteiger partial charge in [-0.2, -0.15) is 0 Å². The Bertz CT molecular complexity index is 672. The lowest BCUT2D eigenvalue weighted by Gasteiger charge is -2.11. The number of hydrogen-bond donors (Lipinski definition) is 2. The van der Waals surface area contributed by atoms with Crippen molar-refractivity contribution in [2.24, 2.45) is 0 Å². The normalized spacial score (nSPS) is 10.5. The summed E-state index contributed by atoms with van der Waals surface area (Å²) >= 11 is 0. The molecular weight excluding hydrogens is 267 g/mol. The summed E-state index contributed by atoms with van der Waals surface area (Å²) < 4.78 is 13.6. The highest BCUT2D eigenvalue weighted by molar-refractivity contribution is 5.99. The van der Waals surface area contributed by atoms with E-state index >= 15 is 0 Å². The molecule has 0 aliphatic carbocycles. The van der Waals surface area contributed by atoms with Crippen molar-refractivity contribution >= 4 is 17.2 Å². The summed E-state index contributed by atoms with van der Waals surface area (Å²) in [5.41, 5.74) is 9.93. The largest absolute Gasteiger partial charge is 0.398 e. The van der Waals surface area contributed by atoms with Crippen molar-refractivity contribution in [1.82, 2.24) is 0 Å². The number of carbonyl (C=O) groups excluding carboxylic acids is 1. The first kappa shape index (κ1) is 15.0. The molecule has 2 aromatic carbocycles. The molecule has 0 atom stereocenters. The molecule has 0 aliphatic rings. The molecule has 0 saturated carbocycles. The number of nitrogen functional groups attached to an aromatic ring is 1. The second kappa shape index (κ2) is 5.95. The lowest BCUT2D eigenvalue weighted by molar-refractivity contribution is 0.101. The maximum absolute atomic E-state index is 13.6. The number of rotatable bonds is 4. The van der Waals surface area contributed by atoms with Crippen molar-refractivity contribution in [2.75, 3.05) is 11.1 Å². The van der Waals surface area contributed by atoms with E-state index in [1.54, 1.807) is 26.0 Å². The maximum Gasteiger partial charge on any atom is 0.161 e. The third kappa shape index (κ3) is 3.40. The van der Waals surface area contributed by atoms with Gasteiger partial charge in [0.1, 0.15) is 5.82 Å². The number of halogens is 1. The van der Waals surface area contributed by atoms with Crippen molar-refractivity contribution in [2.45, 2.75) is 27.3 Å². The topological polar surface area (TPSA) is 55.1 Å². The van der Waals surface area contributed by atoms with Crippen molar-refractivity contribution in [3.8, 4) is 0 Å². The molecule has 0 heterocycles. The van der Waals surface area contributed by atoms with Gasteiger partial charge in [-0.25, -0.2) is 4.39 Å². The average molecular weight is 286 g/mol. The lowest BCUT2D eigenvalue weighted by atomic mass is 10.1. The van der Waals surface area contributed by atoms with E-state index in [-0.39, 0.29) is 11.6 Å². The van der Waals surface area contributed by atoms with Gasteiger partial charge in [0.15, 0.2) is 5.78 Å². The summed E-state index contributed by atoms with van der Waals surface area (Å²) in [5, 5.41) is 3.23. The van der Waals surface area contributed by atoms with Crippen LogP contribution in [0.15, 0.2) is 30.3 Å². The third-order valence-corrected chi connectivity index (χ3v) is 3.42. The molecule has 0 aliphatic heterocycles. The van der Waals surface area contributed by atoms with Crippen LogP contribution >= 0.6 is 0 Å². The van der Waals surface area contributed by atoms with Crippen LogP contribution in [-0.2, 0) is 6.54 Å². The smallest absolute Gasteiger partial charge is 0.161 e. The highest BCUT2D eigenvalue weighted by Gasteiger charge is 2.07. The number of Topliss-reactive ketones (excluding diaryl/α,β-unsaturated/α-hetero) is 1. The summed E-state index contributed by atoms with van der Waals surface area (Å²) in [4.78, 5) is 11.3. The predicted molar refractivity (Wildman–Crippen MR) is 84.1 cm³/mol. The van der Waals surface area contributed by atoms with Crippen LogP contribution in [0.25, 0.3) is 0 Å². The van der Waals surface area contributed by atoms with Crippen molar-refractivity contribution < 1.29 is 9.18 Å². The van der Waals surface area contributed by atoms with Crippen LogP contribution in [0.5, 0.6) is 0 Å². The first-order valence-corrected chi connectivity index (χ1v) is 6.78. The van der Waals surface area contributed by atoms with Crippen LogP contribution in [0, 0.1) is 19.7 Å². The Morgan fingerprint density at radius 2 is 1.81 bits per heavy atom. The summed E-state index contributed by atoms with van der Waals surface area (Å²) in [6.07, 6.45) is 0. The van der Waals surface area contributed by atoms with Crippen LogP contribution in [0.4, 0.5) is 15.8 Å². The average Bonchev–Trinajstić information content (AvgIpc) is 2.42. The molecule has 0 unspecified atom stereocenters. The Morgan fingerprint density at radius 1 is 1.19 bits per heavy atom. The number of ketones is 1. The SMILES string of the molecule is CC(=O)c1ccc(NCc2cc(C)c(F)c(C)c2)cc1N. The zero-order valence-electron chi connectivity index (χ0n) is 12.5. The lowest BCUT2D eigenvalue weighted by Crippen LogP contribution is -2.04. The quantitative estimate of drug-likeness (QED) is 0.663. The Kier molecular flexibility index (Phi) is 4.26. The van der Waals surface area contributed by atoms with Gasteiger partial charge in [-0.3, -0.25) is 4.79 Å². The first-order valence-electron chi connectivity index (χ1n) is 6.78. The van der Waals surface area contributed by atoms with E-state index < -0.39 is 0 Å². The summed E-state index contributed by atoms with van der Waals surface area (Å²) in [6.45, 7) is 5.57. The molecule has 2 rings (SSSR count). The number of aryl methyl sites for hydroxylation is 2. The zero-order valence-corrected chi connectivity index (χ0v) is 12.5. The van der Waals surface area contributed by atoms with Gasteiger partial charge in [0, 0.05) is 23.5 Å². The number of nitrogens with one attached hydrogen (secondary N) is 1.